The molecule has 98 valence electrons. The molecule has 1 aromatic heterocycles. The van der Waals surface area contributed by atoms with E-state index in [9.17, 15) is 4.79 Å². The van der Waals surface area contributed by atoms with Crippen molar-refractivity contribution >= 4 is 33.0 Å². The number of anilines is 1. The van der Waals surface area contributed by atoms with Gasteiger partial charge in [0.1, 0.15) is 0 Å². The average molecular weight is 279 g/mol. The van der Waals surface area contributed by atoms with Gasteiger partial charge in [-0.25, -0.2) is 0 Å². The first kappa shape index (κ1) is 11.7. The van der Waals surface area contributed by atoms with Gasteiger partial charge in [0.2, 0.25) is 0 Å². The van der Waals surface area contributed by atoms with Crippen LogP contribution >= 0.6 is 11.3 Å². The van der Waals surface area contributed by atoms with Crippen molar-refractivity contribution in [1.82, 2.24) is 0 Å². The lowest BCUT2D eigenvalue weighted by atomic mass is 10.1. The lowest BCUT2D eigenvalue weighted by Crippen LogP contribution is -2.22. The highest BCUT2D eigenvalue weighted by atomic mass is 32.1. The zero-order valence-corrected chi connectivity index (χ0v) is 11.9. The third kappa shape index (κ3) is 1.67. The predicted octanol–water partition coefficient (Wildman–Crippen LogP) is 4.37. The number of benzene rings is 2. The summed E-state index contributed by atoms with van der Waals surface area (Å²) in [6.07, 6.45) is 0. The largest absolute Gasteiger partial charge is 0.304 e. The molecule has 0 bridgehead atoms. The molecule has 0 atom stereocenters. The van der Waals surface area contributed by atoms with Crippen LogP contribution in [0.3, 0.4) is 0 Å². The summed E-state index contributed by atoms with van der Waals surface area (Å²) < 4.78 is 1.22. The highest BCUT2D eigenvalue weighted by Gasteiger charge is 2.28. The maximum atomic E-state index is 12.6. The van der Waals surface area contributed by atoms with E-state index >= 15 is 0 Å². The predicted molar refractivity (Wildman–Crippen MR) is 83.5 cm³/mol. The number of carbonyl (C=O) groups excluding carboxylic acids is 1. The summed E-state index contributed by atoms with van der Waals surface area (Å²) in [5.74, 6) is 0.111. The molecule has 20 heavy (non-hydrogen) atoms. The first-order valence-corrected chi connectivity index (χ1v) is 7.49. The SMILES string of the molecule is Cc1ccc2c(c1)C(=O)N(c1ccc3ccsc3c1)C2. The molecule has 0 fully saturated rings. The minimum atomic E-state index is 0.111. The van der Waals surface area contributed by atoms with Gasteiger partial charge in [-0.15, -0.1) is 11.3 Å². The van der Waals surface area contributed by atoms with E-state index in [1.54, 1.807) is 11.3 Å². The Bertz CT molecular complexity index is 834. The Morgan fingerprint density at radius 1 is 1.10 bits per heavy atom. The van der Waals surface area contributed by atoms with Gasteiger partial charge < -0.3 is 4.90 Å². The molecule has 0 aliphatic carbocycles. The van der Waals surface area contributed by atoms with Gasteiger partial charge in [-0.2, -0.15) is 0 Å². The van der Waals surface area contributed by atoms with Gasteiger partial charge in [0.15, 0.2) is 0 Å². The van der Waals surface area contributed by atoms with E-state index in [0.29, 0.717) is 6.54 Å². The third-order valence-electron chi connectivity index (χ3n) is 3.82. The maximum absolute atomic E-state index is 12.6. The molecule has 0 saturated carbocycles. The molecule has 0 N–H and O–H groups in total. The number of rotatable bonds is 1. The van der Waals surface area contributed by atoms with E-state index in [-0.39, 0.29) is 5.91 Å². The smallest absolute Gasteiger partial charge is 0.258 e. The first-order chi connectivity index (χ1) is 9.72. The fourth-order valence-electron chi connectivity index (χ4n) is 2.73. The molecule has 1 aliphatic rings. The van der Waals surface area contributed by atoms with Crippen LogP contribution in [-0.2, 0) is 6.54 Å². The summed E-state index contributed by atoms with van der Waals surface area (Å²) in [6.45, 7) is 2.69. The topological polar surface area (TPSA) is 20.3 Å². The number of hydrogen-bond acceptors (Lipinski definition) is 2. The Morgan fingerprint density at radius 2 is 2.00 bits per heavy atom. The minimum Gasteiger partial charge on any atom is -0.304 e. The van der Waals surface area contributed by atoms with Crippen LogP contribution in [0.1, 0.15) is 21.5 Å². The van der Waals surface area contributed by atoms with Crippen molar-refractivity contribution in [2.75, 3.05) is 4.90 Å². The second kappa shape index (κ2) is 4.18. The number of fused-ring (bicyclic) bond motifs is 2. The van der Waals surface area contributed by atoms with E-state index in [1.165, 1.54) is 10.1 Å². The van der Waals surface area contributed by atoms with E-state index in [4.69, 9.17) is 0 Å². The molecule has 0 unspecified atom stereocenters. The fourth-order valence-corrected chi connectivity index (χ4v) is 3.56. The summed E-state index contributed by atoms with van der Waals surface area (Å²) in [7, 11) is 0. The van der Waals surface area contributed by atoms with Crippen molar-refractivity contribution < 1.29 is 4.79 Å². The third-order valence-corrected chi connectivity index (χ3v) is 4.70. The number of hydrogen-bond donors (Lipinski definition) is 0. The molecule has 1 amide bonds. The number of carbonyl (C=O) groups is 1. The second-order valence-corrected chi connectivity index (χ2v) is 6.14. The molecule has 0 spiro atoms. The van der Waals surface area contributed by atoms with Crippen molar-refractivity contribution in [3.63, 3.8) is 0 Å². The molecule has 3 aromatic rings. The van der Waals surface area contributed by atoms with Gasteiger partial charge in [0.05, 0.1) is 6.54 Å². The molecule has 0 radical (unpaired) electrons. The maximum Gasteiger partial charge on any atom is 0.258 e. The number of aryl methyl sites for hydroxylation is 1. The van der Waals surface area contributed by atoms with Crippen molar-refractivity contribution in [3.8, 4) is 0 Å². The van der Waals surface area contributed by atoms with Gasteiger partial charge in [0, 0.05) is 16.0 Å². The first-order valence-electron chi connectivity index (χ1n) is 6.61. The monoisotopic (exact) mass is 279 g/mol. The van der Waals surface area contributed by atoms with E-state index in [1.807, 2.05) is 24.0 Å². The normalized spacial score (nSPS) is 14.1. The Kier molecular flexibility index (Phi) is 2.44. The molecule has 2 nitrogen and oxygen atoms in total. The quantitative estimate of drug-likeness (QED) is 0.647. The van der Waals surface area contributed by atoms with Crippen LogP contribution in [0.25, 0.3) is 10.1 Å². The van der Waals surface area contributed by atoms with Crippen molar-refractivity contribution in [2.45, 2.75) is 13.5 Å². The van der Waals surface area contributed by atoms with Gasteiger partial charge in [0.25, 0.3) is 5.91 Å². The zero-order chi connectivity index (χ0) is 13.7. The lowest BCUT2D eigenvalue weighted by Gasteiger charge is -2.15. The second-order valence-electron chi connectivity index (χ2n) is 5.19. The molecule has 0 saturated heterocycles. The summed E-state index contributed by atoms with van der Waals surface area (Å²) in [5, 5.41) is 3.32. The van der Waals surface area contributed by atoms with Gasteiger partial charge in [-0.1, -0.05) is 23.8 Å². The van der Waals surface area contributed by atoms with E-state index in [2.05, 4.69) is 35.7 Å². The summed E-state index contributed by atoms with van der Waals surface area (Å²) in [5.41, 5.74) is 4.08. The molecular weight excluding hydrogens is 266 g/mol. The summed E-state index contributed by atoms with van der Waals surface area (Å²) in [6, 6.07) is 14.4. The molecule has 4 rings (SSSR count). The Labute approximate surface area is 121 Å². The Hall–Kier alpha value is -2.13. The van der Waals surface area contributed by atoms with Crippen molar-refractivity contribution in [2.24, 2.45) is 0 Å². The molecule has 2 aromatic carbocycles. The molecule has 3 heteroatoms. The highest BCUT2D eigenvalue weighted by Crippen LogP contribution is 2.32. The van der Waals surface area contributed by atoms with Crippen LogP contribution in [-0.4, -0.2) is 5.91 Å². The van der Waals surface area contributed by atoms with Gasteiger partial charge >= 0.3 is 0 Å². The van der Waals surface area contributed by atoms with Crippen molar-refractivity contribution in [3.05, 3.63) is 64.5 Å². The fraction of sp³-hybridized carbons (Fsp3) is 0.118. The molecule has 2 heterocycles. The Morgan fingerprint density at radius 3 is 2.90 bits per heavy atom. The highest BCUT2D eigenvalue weighted by molar-refractivity contribution is 7.17. The molecule has 1 aliphatic heterocycles. The van der Waals surface area contributed by atoms with Crippen LogP contribution in [0, 0.1) is 6.92 Å². The van der Waals surface area contributed by atoms with Crippen LogP contribution < -0.4 is 4.90 Å². The van der Waals surface area contributed by atoms with Gasteiger partial charge in [-0.3, -0.25) is 4.79 Å². The number of nitrogens with zero attached hydrogens (tertiary/aromatic N) is 1. The summed E-state index contributed by atoms with van der Waals surface area (Å²) >= 11 is 1.71. The number of thiophene rings is 1. The molecular formula is C17H13NOS. The zero-order valence-electron chi connectivity index (χ0n) is 11.1. The standard InChI is InChI=1S/C17H13NOS/c1-11-2-3-13-10-18(17(19)15(13)8-11)14-5-4-12-6-7-20-16(12)9-14/h2-9H,10H2,1H3. The van der Waals surface area contributed by atoms with Crippen molar-refractivity contribution in [1.29, 1.82) is 0 Å². The van der Waals surface area contributed by atoms with E-state index in [0.717, 1.165) is 22.4 Å². The van der Waals surface area contributed by atoms with E-state index < -0.39 is 0 Å². The Balaban J connectivity index is 1.79. The van der Waals surface area contributed by atoms with Gasteiger partial charge in [-0.05, 0) is 47.5 Å². The number of amides is 1. The van der Waals surface area contributed by atoms with Crippen LogP contribution in [0.15, 0.2) is 47.8 Å². The van der Waals surface area contributed by atoms with Crippen LogP contribution in [0.2, 0.25) is 0 Å². The summed E-state index contributed by atoms with van der Waals surface area (Å²) in [4.78, 5) is 14.4. The lowest BCUT2D eigenvalue weighted by molar-refractivity contribution is 0.0996. The van der Waals surface area contributed by atoms with Crippen LogP contribution in [0.5, 0.6) is 0 Å². The minimum absolute atomic E-state index is 0.111. The average Bonchev–Trinajstić information content (AvgIpc) is 3.03. The van der Waals surface area contributed by atoms with Crippen LogP contribution in [0.4, 0.5) is 5.69 Å².